The fourth-order valence-electron chi connectivity index (χ4n) is 2.37. The van der Waals surface area contributed by atoms with Crippen molar-refractivity contribution < 1.29 is 37.7 Å². The Balaban J connectivity index is 1.94. The number of hydrogen-bond acceptors (Lipinski definition) is 5. The van der Waals surface area contributed by atoms with Gasteiger partial charge in [-0.2, -0.15) is 13.2 Å². The first-order valence-corrected chi connectivity index (χ1v) is 8.27. The van der Waals surface area contributed by atoms with Crippen molar-refractivity contribution in [3.05, 3.63) is 65.2 Å². The van der Waals surface area contributed by atoms with Gasteiger partial charge in [0, 0.05) is 6.54 Å². The normalized spacial score (nSPS) is 13.5. The predicted molar refractivity (Wildman–Crippen MR) is 93.6 cm³/mol. The Morgan fingerprint density at radius 2 is 1.82 bits per heavy atom. The van der Waals surface area contributed by atoms with Crippen molar-refractivity contribution in [1.29, 1.82) is 0 Å². The summed E-state index contributed by atoms with van der Waals surface area (Å²) in [5.41, 5.74) is -0.462. The van der Waals surface area contributed by atoms with Crippen LogP contribution in [0.4, 0.5) is 18.0 Å². The number of alkyl halides is 3. The summed E-state index contributed by atoms with van der Waals surface area (Å²) in [6.45, 7) is -0.413. The van der Waals surface area contributed by atoms with Gasteiger partial charge in [0.15, 0.2) is 0 Å². The van der Waals surface area contributed by atoms with Crippen molar-refractivity contribution >= 4 is 6.09 Å². The van der Waals surface area contributed by atoms with Crippen molar-refractivity contribution in [1.82, 2.24) is 5.32 Å². The molecule has 0 spiro atoms. The van der Waals surface area contributed by atoms with Crippen LogP contribution in [-0.2, 0) is 17.5 Å². The molecule has 0 aromatic heterocycles. The highest BCUT2D eigenvalue weighted by Crippen LogP contribution is 2.34. The van der Waals surface area contributed by atoms with E-state index in [9.17, 15) is 28.2 Å². The summed E-state index contributed by atoms with van der Waals surface area (Å²) in [4.78, 5) is 11.7. The number of carbonyl (C=O) groups is 1. The maximum Gasteiger partial charge on any atom is 0.416 e. The van der Waals surface area contributed by atoms with E-state index in [0.29, 0.717) is 6.07 Å². The van der Waals surface area contributed by atoms with E-state index >= 15 is 0 Å². The molecule has 9 heteroatoms. The molecule has 0 fully saturated rings. The molecule has 0 saturated heterocycles. The molecule has 0 aliphatic carbocycles. The van der Waals surface area contributed by atoms with Gasteiger partial charge in [0.25, 0.3) is 0 Å². The molecule has 2 atom stereocenters. The van der Waals surface area contributed by atoms with Crippen LogP contribution in [0.2, 0.25) is 0 Å². The van der Waals surface area contributed by atoms with Gasteiger partial charge in [0.1, 0.15) is 24.6 Å². The summed E-state index contributed by atoms with van der Waals surface area (Å²) >= 11 is 0. The molecule has 2 rings (SSSR count). The third-order valence-electron chi connectivity index (χ3n) is 3.87. The van der Waals surface area contributed by atoms with Crippen LogP contribution < -0.4 is 10.1 Å². The van der Waals surface area contributed by atoms with E-state index in [4.69, 9.17) is 9.47 Å². The number of methoxy groups -OCH3 is 1. The fourth-order valence-corrected chi connectivity index (χ4v) is 2.37. The number of nitrogens with one attached hydrogen (secondary N) is 1. The van der Waals surface area contributed by atoms with E-state index in [2.05, 4.69) is 5.32 Å². The second kappa shape index (κ2) is 9.43. The van der Waals surface area contributed by atoms with E-state index < -0.39 is 36.6 Å². The Labute approximate surface area is 159 Å². The summed E-state index contributed by atoms with van der Waals surface area (Å²) in [5.74, 6) is -0.119. The number of alkyl carbamates (subject to hydrolysis) is 1. The molecule has 28 heavy (non-hydrogen) atoms. The molecule has 6 nitrogen and oxygen atoms in total. The SMILES string of the molecule is COc1cc(C(O)C(O)CNC(=O)OCc2ccccc2)cc(C(F)(F)F)c1. The van der Waals surface area contributed by atoms with Gasteiger partial charge < -0.3 is 25.0 Å². The van der Waals surface area contributed by atoms with Gasteiger partial charge in [0.05, 0.1) is 12.7 Å². The zero-order valence-electron chi connectivity index (χ0n) is 14.9. The summed E-state index contributed by atoms with van der Waals surface area (Å²) in [5, 5.41) is 22.4. The fraction of sp³-hybridized carbons (Fsp3) is 0.316. The lowest BCUT2D eigenvalue weighted by atomic mass is 10.0. The van der Waals surface area contributed by atoms with Gasteiger partial charge in [-0.3, -0.25) is 0 Å². The number of benzene rings is 2. The first kappa shape index (κ1) is 21.5. The number of ether oxygens (including phenoxy) is 2. The maximum atomic E-state index is 13.0. The molecule has 3 N–H and O–H groups in total. The molecule has 0 saturated carbocycles. The average molecular weight is 399 g/mol. The van der Waals surface area contributed by atoms with Crippen molar-refractivity contribution in [3.8, 4) is 5.75 Å². The summed E-state index contributed by atoms with van der Waals surface area (Å²) in [6, 6.07) is 11.5. The lowest BCUT2D eigenvalue weighted by Gasteiger charge is -2.20. The van der Waals surface area contributed by atoms with Crippen LogP contribution in [0.3, 0.4) is 0 Å². The second-order valence-electron chi connectivity index (χ2n) is 5.95. The number of hydrogen-bond donors (Lipinski definition) is 3. The molecule has 152 valence electrons. The van der Waals surface area contributed by atoms with E-state index in [1.165, 1.54) is 13.2 Å². The molecule has 0 radical (unpaired) electrons. The molecule has 1 amide bonds. The quantitative estimate of drug-likeness (QED) is 0.666. The smallest absolute Gasteiger partial charge is 0.416 e. The minimum absolute atomic E-state index is 0.0101. The minimum atomic E-state index is -4.65. The van der Waals surface area contributed by atoms with Crippen molar-refractivity contribution in [2.45, 2.75) is 25.0 Å². The number of aliphatic hydroxyl groups excluding tert-OH is 2. The zero-order chi connectivity index (χ0) is 20.7. The predicted octanol–water partition coefficient (Wildman–Crippen LogP) is 3.03. The summed E-state index contributed by atoms with van der Waals surface area (Å²) in [6.07, 6.45) is -8.71. The minimum Gasteiger partial charge on any atom is -0.497 e. The third-order valence-corrected chi connectivity index (χ3v) is 3.87. The van der Waals surface area contributed by atoms with Crippen LogP contribution in [0.5, 0.6) is 5.75 Å². The Morgan fingerprint density at radius 3 is 2.43 bits per heavy atom. The van der Waals surface area contributed by atoms with Gasteiger partial charge in [-0.15, -0.1) is 0 Å². The van der Waals surface area contributed by atoms with Crippen LogP contribution >= 0.6 is 0 Å². The monoisotopic (exact) mass is 399 g/mol. The Bertz CT molecular complexity index is 783. The molecule has 2 aromatic carbocycles. The van der Waals surface area contributed by atoms with Gasteiger partial charge >= 0.3 is 12.3 Å². The highest BCUT2D eigenvalue weighted by Gasteiger charge is 2.32. The van der Waals surface area contributed by atoms with Crippen LogP contribution in [0.1, 0.15) is 22.8 Å². The molecule has 0 bridgehead atoms. The van der Waals surface area contributed by atoms with Gasteiger partial charge in [0.2, 0.25) is 0 Å². The lowest BCUT2D eigenvalue weighted by molar-refractivity contribution is -0.137. The standard InChI is InChI=1S/C19H20F3NO5/c1-27-15-8-13(7-14(9-15)19(20,21)22)17(25)16(24)10-23-18(26)28-11-12-5-3-2-4-6-12/h2-9,16-17,24-25H,10-11H2,1H3,(H,23,26). The Hall–Kier alpha value is -2.78. The topological polar surface area (TPSA) is 88.0 Å². The van der Waals surface area contributed by atoms with Crippen molar-refractivity contribution in [3.63, 3.8) is 0 Å². The van der Waals surface area contributed by atoms with Crippen LogP contribution in [0, 0.1) is 0 Å². The highest BCUT2D eigenvalue weighted by molar-refractivity contribution is 5.67. The van der Waals surface area contributed by atoms with Crippen LogP contribution in [0.15, 0.2) is 48.5 Å². The second-order valence-corrected chi connectivity index (χ2v) is 5.95. The van der Waals surface area contributed by atoms with Crippen LogP contribution in [0.25, 0.3) is 0 Å². The van der Waals surface area contributed by atoms with E-state index in [1.807, 2.05) is 6.07 Å². The lowest BCUT2D eigenvalue weighted by Crippen LogP contribution is -2.35. The maximum absolute atomic E-state index is 13.0. The molecule has 0 aliphatic heterocycles. The largest absolute Gasteiger partial charge is 0.497 e. The van der Waals surface area contributed by atoms with Crippen molar-refractivity contribution in [2.24, 2.45) is 0 Å². The van der Waals surface area contributed by atoms with E-state index in [1.54, 1.807) is 24.3 Å². The van der Waals surface area contributed by atoms with Gasteiger partial charge in [-0.1, -0.05) is 30.3 Å². The van der Waals surface area contributed by atoms with Crippen LogP contribution in [-0.4, -0.2) is 36.1 Å². The molecule has 0 heterocycles. The molecule has 2 unspecified atom stereocenters. The Kier molecular flexibility index (Phi) is 7.24. The van der Waals surface area contributed by atoms with E-state index in [-0.39, 0.29) is 17.9 Å². The van der Waals surface area contributed by atoms with E-state index in [0.717, 1.165) is 11.6 Å². The number of halogens is 3. The molecule has 0 aliphatic rings. The first-order valence-electron chi connectivity index (χ1n) is 8.27. The third kappa shape index (κ3) is 6.14. The zero-order valence-corrected chi connectivity index (χ0v) is 14.9. The first-order chi connectivity index (χ1) is 13.2. The average Bonchev–Trinajstić information content (AvgIpc) is 2.69. The number of amides is 1. The Morgan fingerprint density at radius 1 is 1.14 bits per heavy atom. The van der Waals surface area contributed by atoms with Gasteiger partial charge in [-0.25, -0.2) is 4.79 Å². The highest BCUT2D eigenvalue weighted by atomic mass is 19.4. The summed E-state index contributed by atoms with van der Waals surface area (Å²) in [7, 11) is 1.19. The van der Waals surface area contributed by atoms with Crippen molar-refractivity contribution in [2.75, 3.05) is 13.7 Å². The molecular formula is C19H20F3NO5. The number of carbonyl (C=O) groups excluding carboxylic acids is 1. The molecule has 2 aromatic rings. The molecular weight excluding hydrogens is 379 g/mol. The van der Waals surface area contributed by atoms with Gasteiger partial charge in [-0.05, 0) is 29.3 Å². The summed E-state index contributed by atoms with van der Waals surface area (Å²) < 4.78 is 48.6. The number of aliphatic hydroxyl groups is 2. The number of rotatable bonds is 7.